The smallest absolute Gasteiger partial charge is 0.272 e. The quantitative estimate of drug-likeness (QED) is 0.906. The fourth-order valence-corrected chi connectivity index (χ4v) is 3.14. The van der Waals surface area contributed by atoms with Crippen molar-refractivity contribution in [2.75, 3.05) is 20.1 Å². The highest BCUT2D eigenvalue weighted by Gasteiger charge is 2.24. The summed E-state index contributed by atoms with van der Waals surface area (Å²) in [6.45, 7) is 3.76. The molecule has 0 radical (unpaired) electrons. The molecule has 1 amide bonds. The lowest BCUT2D eigenvalue weighted by atomic mass is 9.98. The van der Waals surface area contributed by atoms with Crippen molar-refractivity contribution in [1.29, 1.82) is 0 Å². The van der Waals surface area contributed by atoms with E-state index in [1.807, 2.05) is 6.92 Å². The van der Waals surface area contributed by atoms with Crippen molar-refractivity contribution in [1.82, 2.24) is 20.2 Å². The molecule has 1 aromatic heterocycles. The number of nitrogens with one attached hydrogen (secondary N) is 2. The molecule has 1 aromatic carbocycles. The van der Waals surface area contributed by atoms with Gasteiger partial charge in [0.2, 0.25) is 0 Å². The van der Waals surface area contributed by atoms with Crippen LogP contribution in [-0.2, 0) is 0 Å². The summed E-state index contributed by atoms with van der Waals surface area (Å²) >= 11 is 0. The minimum absolute atomic E-state index is 0.182. The summed E-state index contributed by atoms with van der Waals surface area (Å²) in [5, 5.41) is 3.32. The summed E-state index contributed by atoms with van der Waals surface area (Å²) in [4.78, 5) is 21.8. The molecule has 2 aromatic rings. The molecule has 2 N–H and O–H groups in total. The van der Waals surface area contributed by atoms with E-state index in [9.17, 15) is 9.18 Å². The van der Waals surface area contributed by atoms with Crippen LogP contribution < -0.4 is 5.32 Å². The van der Waals surface area contributed by atoms with Gasteiger partial charge in [-0.2, -0.15) is 0 Å². The van der Waals surface area contributed by atoms with Crippen molar-refractivity contribution in [3.05, 3.63) is 53.4 Å². The molecule has 1 fully saturated rings. The van der Waals surface area contributed by atoms with E-state index in [0.717, 1.165) is 31.8 Å². The number of piperidine rings is 1. The number of rotatable bonds is 4. The van der Waals surface area contributed by atoms with Crippen LogP contribution in [0.25, 0.3) is 0 Å². The van der Waals surface area contributed by atoms with Gasteiger partial charge in [0.15, 0.2) is 0 Å². The number of carbonyl (C=O) groups is 1. The molecule has 0 spiro atoms. The maximum atomic E-state index is 13.9. The fraction of sp³-hybridized carbons (Fsp3) is 0.444. The minimum Gasteiger partial charge on any atom is -0.338 e. The molecule has 128 valence electrons. The lowest BCUT2D eigenvalue weighted by molar-refractivity contribution is 0.0735. The van der Waals surface area contributed by atoms with Crippen molar-refractivity contribution in [3.8, 4) is 0 Å². The number of H-pyrrole nitrogens is 1. The van der Waals surface area contributed by atoms with Gasteiger partial charge in [-0.1, -0.05) is 18.2 Å². The number of carbonyl (C=O) groups excluding carboxylic acids is 1. The van der Waals surface area contributed by atoms with Crippen LogP contribution in [0.15, 0.2) is 30.5 Å². The van der Waals surface area contributed by atoms with E-state index in [2.05, 4.69) is 15.3 Å². The fourth-order valence-electron chi connectivity index (χ4n) is 3.14. The van der Waals surface area contributed by atoms with E-state index < -0.39 is 0 Å². The summed E-state index contributed by atoms with van der Waals surface area (Å²) in [5.41, 5.74) is 0.959. The zero-order chi connectivity index (χ0) is 17.1. The van der Waals surface area contributed by atoms with Crippen LogP contribution in [0.3, 0.4) is 0 Å². The second-order valence-electron chi connectivity index (χ2n) is 6.32. The van der Waals surface area contributed by atoms with Gasteiger partial charge in [-0.3, -0.25) is 4.79 Å². The molecule has 3 rings (SSSR count). The third-order valence-corrected chi connectivity index (χ3v) is 4.81. The Morgan fingerprint density at radius 2 is 2.04 bits per heavy atom. The van der Waals surface area contributed by atoms with Gasteiger partial charge < -0.3 is 15.2 Å². The average Bonchev–Trinajstić information content (AvgIpc) is 3.11. The first kappa shape index (κ1) is 16.6. The monoisotopic (exact) mass is 330 g/mol. The number of benzene rings is 1. The molecule has 6 heteroatoms. The summed E-state index contributed by atoms with van der Waals surface area (Å²) in [7, 11) is 1.69. The van der Waals surface area contributed by atoms with Crippen LogP contribution in [0.2, 0.25) is 0 Å². The highest BCUT2D eigenvalue weighted by atomic mass is 19.1. The van der Waals surface area contributed by atoms with Crippen LogP contribution in [0.4, 0.5) is 4.39 Å². The number of hydrogen-bond acceptors (Lipinski definition) is 3. The SMILES string of the molecule is CC(c1ccccc1F)N(C)C(=O)c1cnc(C2CCNCC2)[nH]1. The number of hydrogen-bond donors (Lipinski definition) is 2. The third kappa shape index (κ3) is 3.33. The van der Waals surface area contributed by atoms with Gasteiger partial charge in [-0.15, -0.1) is 0 Å². The Kier molecular flexibility index (Phi) is 4.94. The largest absolute Gasteiger partial charge is 0.338 e. The van der Waals surface area contributed by atoms with E-state index in [4.69, 9.17) is 0 Å². The zero-order valence-electron chi connectivity index (χ0n) is 14.1. The third-order valence-electron chi connectivity index (χ3n) is 4.81. The maximum Gasteiger partial charge on any atom is 0.272 e. The molecule has 1 atom stereocenters. The van der Waals surface area contributed by atoms with Gasteiger partial charge in [0.1, 0.15) is 17.3 Å². The Morgan fingerprint density at radius 1 is 1.33 bits per heavy atom. The zero-order valence-corrected chi connectivity index (χ0v) is 14.1. The Morgan fingerprint density at radius 3 is 2.75 bits per heavy atom. The van der Waals surface area contributed by atoms with Crippen LogP contribution in [0.5, 0.6) is 0 Å². The summed E-state index contributed by atoms with van der Waals surface area (Å²) in [6.07, 6.45) is 3.62. The van der Waals surface area contributed by atoms with Gasteiger partial charge in [-0.05, 0) is 38.9 Å². The van der Waals surface area contributed by atoms with Crippen molar-refractivity contribution < 1.29 is 9.18 Å². The molecule has 24 heavy (non-hydrogen) atoms. The van der Waals surface area contributed by atoms with E-state index in [1.165, 1.54) is 11.0 Å². The Balaban J connectivity index is 1.74. The predicted molar refractivity (Wildman–Crippen MR) is 90.3 cm³/mol. The molecule has 0 aliphatic carbocycles. The van der Waals surface area contributed by atoms with Crippen molar-refractivity contribution >= 4 is 5.91 Å². The molecule has 0 saturated carbocycles. The minimum atomic E-state index is -0.357. The average molecular weight is 330 g/mol. The number of halogens is 1. The van der Waals surface area contributed by atoms with Crippen molar-refractivity contribution in [2.24, 2.45) is 0 Å². The first-order valence-corrected chi connectivity index (χ1v) is 8.35. The van der Waals surface area contributed by atoms with Gasteiger partial charge in [0.05, 0.1) is 12.2 Å². The number of amides is 1. The molecule has 1 aliphatic rings. The molecule has 1 saturated heterocycles. The van der Waals surface area contributed by atoms with E-state index in [-0.39, 0.29) is 17.8 Å². The standard InChI is InChI=1S/C18H23FN4O/c1-12(14-5-3-4-6-15(14)19)23(2)18(24)16-11-21-17(22-16)13-7-9-20-10-8-13/h3-6,11-13,20H,7-10H2,1-2H3,(H,21,22). The molecule has 2 heterocycles. The highest BCUT2D eigenvalue weighted by molar-refractivity contribution is 5.92. The lowest BCUT2D eigenvalue weighted by Gasteiger charge is -2.25. The highest BCUT2D eigenvalue weighted by Crippen LogP contribution is 2.25. The van der Waals surface area contributed by atoms with Crippen LogP contribution in [0.1, 0.15) is 53.6 Å². The molecule has 0 bridgehead atoms. The van der Waals surface area contributed by atoms with Crippen LogP contribution in [-0.4, -0.2) is 40.9 Å². The van der Waals surface area contributed by atoms with Gasteiger partial charge in [0, 0.05) is 18.5 Å². The Bertz CT molecular complexity index is 709. The Labute approximate surface area is 141 Å². The van der Waals surface area contributed by atoms with E-state index in [1.54, 1.807) is 31.4 Å². The van der Waals surface area contributed by atoms with E-state index >= 15 is 0 Å². The summed E-state index contributed by atoms with van der Waals surface area (Å²) in [5.74, 6) is 0.747. The summed E-state index contributed by atoms with van der Waals surface area (Å²) < 4.78 is 13.9. The first-order valence-electron chi connectivity index (χ1n) is 8.35. The van der Waals surface area contributed by atoms with Gasteiger partial charge in [0.25, 0.3) is 5.91 Å². The topological polar surface area (TPSA) is 61.0 Å². The van der Waals surface area contributed by atoms with Crippen molar-refractivity contribution in [3.63, 3.8) is 0 Å². The molecule has 1 aliphatic heterocycles. The van der Waals surface area contributed by atoms with Gasteiger partial charge in [-0.25, -0.2) is 9.37 Å². The van der Waals surface area contributed by atoms with Crippen LogP contribution >= 0.6 is 0 Å². The first-order chi connectivity index (χ1) is 11.6. The second-order valence-corrected chi connectivity index (χ2v) is 6.32. The molecule has 5 nitrogen and oxygen atoms in total. The lowest BCUT2D eigenvalue weighted by Crippen LogP contribution is -2.30. The normalized spacial score (nSPS) is 16.8. The maximum absolute atomic E-state index is 13.9. The van der Waals surface area contributed by atoms with Crippen LogP contribution in [0, 0.1) is 5.82 Å². The number of aromatic nitrogens is 2. The molecular weight excluding hydrogens is 307 g/mol. The van der Waals surface area contributed by atoms with Gasteiger partial charge >= 0.3 is 0 Å². The number of imidazole rings is 1. The molecular formula is C18H23FN4O. The van der Waals surface area contributed by atoms with E-state index in [0.29, 0.717) is 17.2 Å². The Hall–Kier alpha value is -2.21. The second kappa shape index (κ2) is 7.13. The number of nitrogens with zero attached hydrogens (tertiary/aromatic N) is 2. The number of aromatic amines is 1. The summed E-state index contributed by atoms with van der Waals surface area (Å²) in [6, 6.07) is 6.18. The van der Waals surface area contributed by atoms with Crippen molar-refractivity contribution in [2.45, 2.75) is 31.7 Å². The predicted octanol–water partition coefficient (Wildman–Crippen LogP) is 2.85. The molecule has 1 unspecified atom stereocenters.